The van der Waals surface area contributed by atoms with E-state index in [-0.39, 0.29) is 30.6 Å². The van der Waals surface area contributed by atoms with Crippen LogP contribution in [0.1, 0.15) is 5.56 Å². The van der Waals surface area contributed by atoms with Crippen molar-refractivity contribution in [1.82, 2.24) is 4.98 Å². The lowest BCUT2D eigenvalue weighted by molar-refractivity contribution is 0.628. The summed E-state index contributed by atoms with van der Waals surface area (Å²) in [4.78, 5) is 4.18. The topological polar surface area (TPSA) is 38.9 Å². The maximum Gasteiger partial charge on any atom is 0.123 e. The Labute approximate surface area is 112 Å². The van der Waals surface area contributed by atoms with Crippen LogP contribution >= 0.6 is 24.8 Å². The molecule has 0 unspecified atom stereocenters. The molecule has 0 aliphatic carbocycles. The van der Waals surface area contributed by atoms with Crippen LogP contribution in [0.4, 0.5) is 4.39 Å². The number of pyridine rings is 1. The summed E-state index contributed by atoms with van der Waals surface area (Å²) in [6.07, 6.45) is 1.68. The molecule has 2 nitrogen and oxygen atoms in total. The monoisotopic (exact) mass is 274 g/mol. The van der Waals surface area contributed by atoms with Gasteiger partial charge in [-0.2, -0.15) is 0 Å². The molecule has 5 heteroatoms. The molecule has 0 fully saturated rings. The van der Waals surface area contributed by atoms with Crippen molar-refractivity contribution in [2.24, 2.45) is 5.73 Å². The first kappa shape index (κ1) is 15.8. The summed E-state index contributed by atoms with van der Waals surface area (Å²) < 4.78 is 13.0. The molecule has 1 heterocycles. The van der Waals surface area contributed by atoms with Crippen LogP contribution < -0.4 is 5.73 Å². The number of nitrogens with zero attached hydrogens (tertiary/aromatic N) is 1. The zero-order chi connectivity index (χ0) is 10.7. The van der Waals surface area contributed by atoms with Crippen molar-refractivity contribution in [2.75, 3.05) is 0 Å². The molecule has 92 valence electrons. The van der Waals surface area contributed by atoms with Gasteiger partial charge in [0.1, 0.15) is 5.82 Å². The van der Waals surface area contributed by atoms with Crippen LogP contribution in [-0.4, -0.2) is 4.98 Å². The Bertz CT molecular complexity index is 478. The molecular formula is C12H13Cl2FN2. The largest absolute Gasteiger partial charge is 0.326 e. The summed E-state index contributed by atoms with van der Waals surface area (Å²) in [7, 11) is 0. The van der Waals surface area contributed by atoms with Gasteiger partial charge in [0.2, 0.25) is 0 Å². The number of hydrogen-bond acceptors (Lipinski definition) is 2. The van der Waals surface area contributed by atoms with Gasteiger partial charge in [0.15, 0.2) is 0 Å². The molecule has 0 aliphatic rings. The average molecular weight is 275 g/mol. The smallest absolute Gasteiger partial charge is 0.123 e. The van der Waals surface area contributed by atoms with Crippen LogP contribution in [0.2, 0.25) is 0 Å². The van der Waals surface area contributed by atoms with Gasteiger partial charge in [0.25, 0.3) is 0 Å². The first-order valence-corrected chi connectivity index (χ1v) is 4.70. The fourth-order valence-electron chi connectivity index (χ4n) is 1.41. The van der Waals surface area contributed by atoms with Gasteiger partial charge < -0.3 is 5.73 Å². The zero-order valence-electron chi connectivity index (χ0n) is 8.97. The third kappa shape index (κ3) is 3.97. The number of benzene rings is 1. The van der Waals surface area contributed by atoms with E-state index in [9.17, 15) is 4.39 Å². The summed E-state index contributed by atoms with van der Waals surface area (Å²) >= 11 is 0. The normalized spacial score (nSPS) is 9.06. The van der Waals surface area contributed by atoms with Crippen molar-refractivity contribution < 1.29 is 4.39 Å². The second-order valence-electron chi connectivity index (χ2n) is 3.26. The van der Waals surface area contributed by atoms with Gasteiger partial charge in [0.05, 0.1) is 5.69 Å². The highest BCUT2D eigenvalue weighted by Gasteiger charge is 2.01. The summed E-state index contributed by atoms with van der Waals surface area (Å²) in [6, 6.07) is 10.1. The van der Waals surface area contributed by atoms with E-state index in [0.29, 0.717) is 6.54 Å². The summed E-state index contributed by atoms with van der Waals surface area (Å²) in [6.45, 7) is 0.463. The highest BCUT2D eigenvalue weighted by atomic mass is 35.5. The SMILES string of the molecule is Cl.Cl.NCc1ccnc(-c2cccc(F)c2)c1. The van der Waals surface area contributed by atoms with Crippen molar-refractivity contribution in [2.45, 2.75) is 6.54 Å². The number of rotatable bonds is 2. The lowest BCUT2D eigenvalue weighted by atomic mass is 10.1. The van der Waals surface area contributed by atoms with Crippen LogP contribution in [0.25, 0.3) is 11.3 Å². The van der Waals surface area contributed by atoms with Crippen molar-refractivity contribution in [1.29, 1.82) is 0 Å². The number of nitrogens with two attached hydrogens (primary N) is 1. The lowest BCUT2D eigenvalue weighted by Gasteiger charge is -2.02. The first-order chi connectivity index (χ1) is 7.29. The Morgan fingerprint density at radius 2 is 1.88 bits per heavy atom. The molecule has 0 aliphatic heterocycles. The van der Waals surface area contributed by atoms with Crippen molar-refractivity contribution in [3.8, 4) is 11.3 Å². The molecule has 2 aromatic rings. The Morgan fingerprint density at radius 3 is 2.53 bits per heavy atom. The lowest BCUT2D eigenvalue weighted by Crippen LogP contribution is -1.97. The summed E-state index contributed by atoms with van der Waals surface area (Å²) in [5.74, 6) is -0.257. The average Bonchev–Trinajstić information content (AvgIpc) is 2.29. The molecule has 0 bridgehead atoms. The predicted octanol–water partition coefficient (Wildman–Crippen LogP) is 3.19. The molecule has 0 radical (unpaired) electrons. The Morgan fingerprint density at radius 1 is 1.12 bits per heavy atom. The van der Waals surface area contributed by atoms with Gasteiger partial charge >= 0.3 is 0 Å². The van der Waals surface area contributed by atoms with Crippen LogP contribution in [-0.2, 0) is 6.54 Å². The molecule has 17 heavy (non-hydrogen) atoms. The number of hydrogen-bond donors (Lipinski definition) is 1. The van der Waals surface area contributed by atoms with Crippen LogP contribution in [0.15, 0.2) is 42.6 Å². The van der Waals surface area contributed by atoms with Crippen LogP contribution in [0, 0.1) is 5.82 Å². The molecule has 1 aromatic heterocycles. The quantitative estimate of drug-likeness (QED) is 0.914. The second-order valence-corrected chi connectivity index (χ2v) is 3.26. The van der Waals surface area contributed by atoms with Gasteiger partial charge in [-0.3, -0.25) is 4.98 Å². The third-order valence-corrected chi connectivity index (χ3v) is 2.18. The Hall–Kier alpha value is -1.16. The fourth-order valence-corrected chi connectivity index (χ4v) is 1.41. The standard InChI is InChI=1S/C12H11FN2.2ClH/c13-11-3-1-2-10(7-11)12-6-9(8-14)4-5-15-12;;/h1-7H,8,14H2;2*1H. The Balaban J connectivity index is 0.00000128. The van der Waals surface area contributed by atoms with Crippen LogP contribution in [0.3, 0.4) is 0 Å². The number of halogens is 3. The third-order valence-electron chi connectivity index (χ3n) is 2.18. The van der Waals surface area contributed by atoms with E-state index < -0.39 is 0 Å². The van der Waals surface area contributed by atoms with E-state index in [2.05, 4.69) is 4.98 Å². The van der Waals surface area contributed by atoms with Crippen molar-refractivity contribution in [3.63, 3.8) is 0 Å². The van der Waals surface area contributed by atoms with Gasteiger partial charge in [-0.05, 0) is 29.8 Å². The minimum absolute atomic E-state index is 0. The minimum atomic E-state index is -0.257. The molecule has 0 amide bonds. The van der Waals surface area contributed by atoms with Crippen molar-refractivity contribution >= 4 is 24.8 Å². The van der Waals surface area contributed by atoms with E-state index in [4.69, 9.17) is 5.73 Å². The molecule has 0 saturated heterocycles. The van der Waals surface area contributed by atoms with Gasteiger partial charge in [-0.15, -0.1) is 24.8 Å². The molecule has 2 rings (SSSR count). The van der Waals surface area contributed by atoms with Gasteiger partial charge in [-0.1, -0.05) is 12.1 Å². The molecule has 0 saturated carbocycles. The van der Waals surface area contributed by atoms with E-state index in [1.165, 1.54) is 12.1 Å². The molecule has 0 atom stereocenters. The van der Waals surface area contributed by atoms with E-state index in [0.717, 1.165) is 16.8 Å². The van der Waals surface area contributed by atoms with Gasteiger partial charge in [-0.25, -0.2) is 4.39 Å². The first-order valence-electron chi connectivity index (χ1n) is 4.70. The highest BCUT2D eigenvalue weighted by molar-refractivity contribution is 5.85. The number of aromatic nitrogens is 1. The Kier molecular flexibility index (Phi) is 6.73. The molecule has 0 spiro atoms. The maximum absolute atomic E-state index is 13.0. The van der Waals surface area contributed by atoms with E-state index in [1.807, 2.05) is 18.2 Å². The minimum Gasteiger partial charge on any atom is -0.326 e. The maximum atomic E-state index is 13.0. The summed E-state index contributed by atoms with van der Waals surface area (Å²) in [5.41, 5.74) is 8.03. The molecule has 2 N–H and O–H groups in total. The van der Waals surface area contributed by atoms with E-state index >= 15 is 0 Å². The van der Waals surface area contributed by atoms with E-state index in [1.54, 1.807) is 12.3 Å². The van der Waals surface area contributed by atoms with Crippen LogP contribution in [0.5, 0.6) is 0 Å². The second kappa shape index (κ2) is 7.22. The molecule has 1 aromatic carbocycles. The van der Waals surface area contributed by atoms with Gasteiger partial charge in [0, 0.05) is 18.3 Å². The zero-order valence-corrected chi connectivity index (χ0v) is 10.6. The molecular weight excluding hydrogens is 262 g/mol. The highest BCUT2D eigenvalue weighted by Crippen LogP contribution is 2.18. The predicted molar refractivity (Wildman–Crippen MR) is 72.0 cm³/mol. The van der Waals surface area contributed by atoms with Crippen molar-refractivity contribution in [3.05, 3.63) is 54.0 Å². The fraction of sp³-hybridized carbons (Fsp3) is 0.0833. The summed E-state index contributed by atoms with van der Waals surface area (Å²) in [5, 5.41) is 0.